The highest BCUT2D eigenvalue weighted by molar-refractivity contribution is 6.32. The summed E-state index contributed by atoms with van der Waals surface area (Å²) >= 11 is 6.42. The Labute approximate surface area is 176 Å². The Morgan fingerprint density at radius 3 is 2.62 bits per heavy atom. The number of hydrogen-bond donors (Lipinski definition) is 1. The fourth-order valence-electron chi connectivity index (χ4n) is 3.65. The van der Waals surface area contributed by atoms with Gasteiger partial charge in [-0.3, -0.25) is 4.79 Å². The van der Waals surface area contributed by atoms with Crippen molar-refractivity contribution in [3.63, 3.8) is 0 Å². The van der Waals surface area contributed by atoms with Crippen molar-refractivity contribution >= 4 is 17.5 Å². The van der Waals surface area contributed by atoms with Crippen molar-refractivity contribution in [1.82, 2.24) is 15.5 Å². The molecule has 1 heterocycles. The van der Waals surface area contributed by atoms with Gasteiger partial charge in [0.2, 0.25) is 5.89 Å². The van der Waals surface area contributed by atoms with Gasteiger partial charge in [0.15, 0.2) is 17.3 Å². The Balaban J connectivity index is 1.90. The number of nitrogens with one attached hydrogen (secondary N) is 1. The van der Waals surface area contributed by atoms with Gasteiger partial charge in [-0.05, 0) is 38.3 Å². The summed E-state index contributed by atoms with van der Waals surface area (Å²) in [5.41, 5.74) is -0.226. The molecule has 1 aliphatic carbocycles. The fourth-order valence-corrected chi connectivity index (χ4v) is 3.91. The molecule has 1 aromatic carbocycles. The highest BCUT2D eigenvalue weighted by Gasteiger charge is 2.40. The SMILES string of the molecule is CCCOc1c(Cl)cc(C(=O)NC2(c3noc(C)n3)CCCCC2)cc1OCC. The molecule has 0 atom stereocenters. The van der Waals surface area contributed by atoms with Crippen LogP contribution in [0.4, 0.5) is 0 Å². The van der Waals surface area contributed by atoms with E-state index in [-0.39, 0.29) is 5.91 Å². The molecule has 1 aliphatic rings. The Morgan fingerprint density at radius 2 is 2.00 bits per heavy atom. The van der Waals surface area contributed by atoms with E-state index in [1.165, 1.54) is 0 Å². The molecule has 0 saturated heterocycles. The molecule has 2 aromatic rings. The maximum atomic E-state index is 13.2. The zero-order chi connectivity index (χ0) is 20.9. The average Bonchev–Trinajstić information content (AvgIpc) is 3.15. The zero-order valence-corrected chi connectivity index (χ0v) is 18.0. The topological polar surface area (TPSA) is 86.5 Å². The van der Waals surface area contributed by atoms with Gasteiger partial charge < -0.3 is 19.3 Å². The van der Waals surface area contributed by atoms with Gasteiger partial charge in [0, 0.05) is 12.5 Å². The van der Waals surface area contributed by atoms with E-state index in [1.807, 2.05) is 13.8 Å². The van der Waals surface area contributed by atoms with E-state index in [4.69, 9.17) is 25.6 Å². The molecule has 1 fully saturated rings. The zero-order valence-electron chi connectivity index (χ0n) is 17.2. The molecule has 0 bridgehead atoms. The van der Waals surface area contributed by atoms with Crippen LogP contribution in [0, 0.1) is 6.92 Å². The lowest BCUT2D eigenvalue weighted by Gasteiger charge is -2.35. The van der Waals surface area contributed by atoms with Crippen molar-refractivity contribution in [2.75, 3.05) is 13.2 Å². The van der Waals surface area contributed by atoms with E-state index in [0.717, 1.165) is 38.5 Å². The molecule has 1 N–H and O–H groups in total. The summed E-state index contributed by atoms with van der Waals surface area (Å²) in [6.07, 6.45) is 5.48. The van der Waals surface area contributed by atoms with Crippen LogP contribution in [0.2, 0.25) is 5.02 Å². The van der Waals surface area contributed by atoms with Crippen LogP contribution in [0.25, 0.3) is 0 Å². The van der Waals surface area contributed by atoms with Crippen LogP contribution in [0.5, 0.6) is 11.5 Å². The predicted molar refractivity (Wildman–Crippen MR) is 110 cm³/mol. The van der Waals surface area contributed by atoms with Crippen LogP contribution in [-0.2, 0) is 5.54 Å². The van der Waals surface area contributed by atoms with Crippen LogP contribution in [0.15, 0.2) is 16.7 Å². The minimum absolute atomic E-state index is 0.251. The number of hydrogen-bond acceptors (Lipinski definition) is 6. The largest absolute Gasteiger partial charge is 0.490 e. The van der Waals surface area contributed by atoms with Gasteiger partial charge in [-0.1, -0.05) is 42.9 Å². The number of nitrogens with zero attached hydrogens (tertiary/aromatic N) is 2. The highest BCUT2D eigenvalue weighted by atomic mass is 35.5. The molecule has 0 spiro atoms. The molecule has 1 saturated carbocycles. The fraction of sp³-hybridized carbons (Fsp3) is 0.571. The number of rotatable bonds is 8. The van der Waals surface area contributed by atoms with Gasteiger partial charge in [-0.25, -0.2) is 0 Å². The van der Waals surface area contributed by atoms with Gasteiger partial charge in [0.1, 0.15) is 5.54 Å². The van der Waals surface area contributed by atoms with Crippen LogP contribution >= 0.6 is 11.6 Å². The van der Waals surface area contributed by atoms with Crippen LogP contribution in [0.1, 0.15) is 74.4 Å². The number of halogens is 1. The van der Waals surface area contributed by atoms with Crippen LogP contribution in [0.3, 0.4) is 0 Å². The average molecular weight is 422 g/mol. The summed E-state index contributed by atoms with van der Waals surface area (Å²) in [7, 11) is 0. The van der Waals surface area contributed by atoms with Gasteiger partial charge in [-0.2, -0.15) is 4.98 Å². The number of ether oxygens (including phenoxy) is 2. The summed E-state index contributed by atoms with van der Waals surface area (Å²) in [5, 5.41) is 7.61. The maximum absolute atomic E-state index is 13.2. The number of aryl methyl sites for hydroxylation is 1. The molecule has 3 rings (SSSR count). The van der Waals surface area contributed by atoms with Crippen LogP contribution < -0.4 is 14.8 Å². The molecule has 8 heteroatoms. The number of benzene rings is 1. The Bertz CT molecular complexity index is 846. The molecule has 7 nitrogen and oxygen atoms in total. The molecule has 1 amide bonds. The first-order valence-electron chi connectivity index (χ1n) is 10.2. The second-order valence-corrected chi connectivity index (χ2v) is 7.71. The van der Waals surface area contributed by atoms with Crippen molar-refractivity contribution in [3.8, 4) is 11.5 Å². The van der Waals surface area contributed by atoms with Crippen molar-refractivity contribution in [2.45, 2.75) is 64.8 Å². The van der Waals surface area contributed by atoms with E-state index in [9.17, 15) is 4.79 Å². The molecule has 0 aliphatic heterocycles. The second kappa shape index (κ2) is 9.48. The molecule has 1 aromatic heterocycles. The van der Waals surface area contributed by atoms with Crippen molar-refractivity contribution in [3.05, 3.63) is 34.4 Å². The first-order valence-corrected chi connectivity index (χ1v) is 10.6. The summed E-state index contributed by atoms with van der Waals surface area (Å²) in [4.78, 5) is 17.6. The maximum Gasteiger partial charge on any atom is 0.252 e. The molecule has 29 heavy (non-hydrogen) atoms. The smallest absolute Gasteiger partial charge is 0.252 e. The Kier molecular flexibility index (Phi) is 7.00. The lowest BCUT2D eigenvalue weighted by molar-refractivity contribution is 0.0855. The normalized spacial score (nSPS) is 15.7. The van der Waals surface area contributed by atoms with Gasteiger partial charge in [-0.15, -0.1) is 0 Å². The van der Waals surface area contributed by atoms with Crippen molar-refractivity contribution in [1.29, 1.82) is 0 Å². The third-order valence-electron chi connectivity index (χ3n) is 5.04. The Morgan fingerprint density at radius 1 is 1.24 bits per heavy atom. The van der Waals surface area contributed by atoms with E-state index < -0.39 is 5.54 Å². The minimum Gasteiger partial charge on any atom is -0.490 e. The summed E-state index contributed by atoms with van der Waals surface area (Å²) in [6.45, 7) is 6.60. The molecular formula is C21H28ClN3O4. The lowest BCUT2D eigenvalue weighted by Crippen LogP contribution is -2.48. The third-order valence-corrected chi connectivity index (χ3v) is 5.32. The first kappa shape index (κ1) is 21.4. The predicted octanol–water partition coefficient (Wildman–Crippen LogP) is 4.81. The molecule has 0 unspecified atom stereocenters. The van der Waals surface area contributed by atoms with E-state index in [1.54, 1.807) is 19.1 Å². The number of aromatic nitrogens is 2. The van der Waals surface area contributed by atoms with E-state index in [2.05, 4.69) is 15.5 Å². The van der Waals surface area contributed by atoms with E-state index >= 15 is 0 Å². The molecule has 0 radical (unpaired) electrons. The van der Waals surface area contributed by atoms with Gasteiger partial charge in [0.25, 0.3) is 5.91 Å². The number of carbonyl (C=O) groups excluding carboxylic acids is 1. The van der Waals surface area contributed by atoms with Gasteiger partial charge >= 0.3 is 0 Å². The molecular weight excluding hydrogens is 394 g/mol. The van der Waals surface area contributed by atoms with Crippen molar-refractivity contribution < 1.29 is 18.8 Å². The monoisotopic (exact) mass is 421 g/mol. The van der Waals surface area contributed by atoms with E-state index in [0.29, 0.717) is 47.0 Å². The highest BCUT2D eigenvalue weighted by Crippen LogP contribution is 2.39. The molecule has 158 valence electrons. The Hall–Kier alpha value is -2.28. The van der Waals surface area contributed by atoms with Crippen molar-refractivity contribution in [2.24, 2.45) is 0 Å². The number of carbonyl (C=O) groups is 1. The third kappa shape index (κ3) is 4.83. The second-order valence-electron chi connectivity index (χ2n) is 7.30. The quantitative estimate of drug-likeness (QED) is 0.658. The summed E-state index contributed by atoms with van der Waals surface area (Å²) in [5.74, 6) is 1.69. The lowest BCUT2D eigenvalue weighted by atomic mass is 9.80. The minimum atomic E-state index is -0.636. The number of amides is 1. The van der Waals surface area contributed by atoms with Gasteiger partial charge in [0.05, 0.1) is 18.2 Å². The summed E-state index contributed by atoms with van der Waals surface area (Å²) < 4.78 is 16.6. The standard InChI is InChI=1S/C21H28ClN3O4/c1-4-11-28-18-16(22)12-15(13-17(18)27-5-2)19(26)24-21(9-7-6-8-10-21)20-23-14(3)29-25-20/h12-13H,4-11H2,1-3H3,(H,24,26). The van der Waals surface area contributed by atoms with Crippen LogP contribution in [-0.4, -0.2) is 29.3 Å². The first-order chi connectivity index (χ1) is 14.0. The summed E-state index contributed by atoms with van der Waals surface area (Å²) in [6, 6.07) is 3.29.